The van der Waals surface area contributed by atoms with E-state index >= 15 is 0 Å². The molecule has 0 aliphatic heterocycles. The zero-order chi connectivity index (χ0) is 18.4. The molecule has 1 fully saturated rings. The van der Waals surface area contributed by atoms with Crippen LogP contribution in [-0.4, -0.2) is 21.8 Å². The van der Waals surface area contributed by atoms with E-state index in [4.69, 9.17) is 11.5 Å². The van der Waals surface area contributed by atoms with E-state index in [-0.39, 0.29) is 17.8 Å². The summed E-state index contributed by atoms with van der Waals surface area (Å²) >= 11 is 1.35. The van der Waals surface area contributed by atoms with Gasteiger partial charge in [-0.3, -0.25) is 4.79 Å². The number of guanidine groups is 1. The molecule has 26 heavy (non-hydrogen) atoms. The summed E-state index contributed by atoms with van der Waals surface area (Å²) in [5.74, 6) is 0.262. The lowest BCUT2D eigenvalue weighted by molar-refractivity contribution is -0.125. The number of carbonyl (C=O) groups is 1. The van der Waals surface area contributed by atoms with Crippen molar-refractivity contribution in [3.8, 4) is 11.4 Å². The third-order valence-corrected chi connectivity index (χ3v) is 5.19. The molecule has 1 amide bonds. The van der Waals surface area contributed by atoms with Gasteiger partial charge in [0.2, 0.25) is 11.0 Å². The lowest BCUT2D eigenvalue weighted by Crippen LogP contribution is -2.30. The quantitative estimate of drug-likeness (QED) is 0.423. The van der Waals surface area contributed by atoms with Crippen LogP contribution in [0.1, 0.15) is 44.2 Å². The van der Waals surface area contributed by atoms with E-state index in [2.05, 4.69) is 20.3 Å². The molecule has 2 aromatic rings. The van der Waals surface area contributed by atoms with Gasteiger partial charge in [0, 0.05) is 11.3 Å². The zero-order valence-corrected chi connectivity index (χ0v) is 15.5. The number of thiazole rings is 1. The lowest BCUT2D eigenvalue weighted by Gasteiger charge is -2.14. The molecule has 3 rings (SSSR count). The highest BCUT2D eigenvalue weighted by Crippen LogP contribution is 2.26. The molecule has 0 bridgehead atoms. The van der Waals surface area contributed by atoms with Crippen molar-refractivity contribution >= 4 is 28.3 Å². The Labute approximate surface area is 156 Å². The summed E-state index contributed by atoms with van der Waals surface area (Å²) in [6.07, 6.45) is 6.75. The average molecular weight is 372 g/mol. The molecule has 7 nitrogen and oxygen atoms in total. The smallest absolute Gasteiger partial charge is 0.223 e. The van der Waals surface area contributed by atoms with E-state index in [0.717, 1.165) is 37.1 Å². The van der Waals surface area contributed by atoms with Gasteiger partial charge in [-0.1, -0.05) is 31.7 Å². The number of aliphatic imine (C=N–C) groups is 1. The maximum Gasteiger partial charge on any atom is 0.223 e. The summed E-state index contributed by atoms with van der Waals surface area (Å²) in [5.41, 5.74) is 13.0. The maximum absolute atomic E-state index is 12.4. The second kappa shape index (κ2) is 8.75. The molecule has 0 atom stereocenters. The van der Waals surface area contributed by atoms with Crippen molar-refractivity contribution < 1.29 is 4.79 Å². The lowest BCUT2D eigenvalue weighted by atomic mass is 9.99. The summed E-state index contributed by atoms with van der Waals surface area (Å²) in [6.45, 7) is 0.425. The molecular weight excluding hydrogens is 348 g/mol. The van der Waals surface area contributed by atoms with Gasteiger partial charge in [0.25, 0.3) is 0 Å². The van der Waals surface area contributed by atoms with Crippen molar-refractivity contribution in [1.29, 1.82) is 0 Å². The molecule has 2 aromatic heterocycles. The molecule has 2 heterocycles. The standard InChI is InChI=1S/C18H24N6OS/c19-17(20)24-18-23-15(11-26-18)14-9-5-8-13(22-14)10-21-16(25)12-6-3-1-2-4-7-12/h5,8-9,11-12H,1-4,6-7,10H2,(H,21,25)(H4,19,20,23,24). The van der Waals surface area contributed by atoms with Crippen molar-refractivity contribution in [3.05, 3.63) is 29.3 Å². The summed E-state index contributed by atoms with van der Waals surface area (Å²) in [6, 6.07) is 5.69. The monoisotopic (exact) mass is 372 g/mol. The van der Waals surface area contributed by atoms with Gasteiger partial charge in [0.05, 0.1) is 17.9 Å². The second-order valence-electron chi connectivity index (χ2n) is 6.47. The van der Waals surface area contributed by atoms with Gasteiger partial charge >= 0.3 is 0 Å². The first-order valence-corrected chi connectivity index (χ1v) is 9.79. The highest BCUT2D eigenvalue weighted by Gasteiger charge is 2.19. The molecule has 0 saturated heterocycles. The number of aromatic nitrogens is 2. The predicted octanol–water partition coefficient (Wildman–Crippen LogP) is 2.70. The minimum Gasteiger partial charge on any atom is -0.370 e. The Kier molecular flexibility index (Phi) is 6.17. The maximum atomic E-state index is 12.4. The van der Waals surface area contributed by atoms with Gasteiger partial charge in [-0.2, -0.15) is 4.99 Å². The van der Waals surface area contributed by atoms with E-state index in [0.29, 0.717) is 17.4 Å². The molecule has 0 spiro atoms. The molecule has 1 aliphatic rings. The van der Waals surface area contributed by atoms with Gasteiger partial charge in [0.15, 0.2) is 5.96 Å². The van der Waals surface area contributed by atoms with E-state index in [1.807, 2.05) is 23.6 Å². The normalized spacial score (nSPS) is 15.2. The van der Waals surface area contributed by atoms with E-state index in [9.17, 15) is 4.79 Å². The first-order valence-electron chi connectivity index (χ1n) is 8.91. The Balaban J connectivity index is 1.63. The van der Waals surface area contributed by atoms with Crippen LogP contribution in [0.2, 0.25) is 0 Å². The first-order chi connectivity index (χ1) is 12.6. The highest BCUT2D eigenvalue weighted by molar-refractivity contribution is 7.13. The van der Waals surface area contributed by atoms with Gasteiger partial charge in [-0.05, 0) is 25.0 Å². The summed E-state index contributed by atoms with van der Waals surface area (Å²) in [5, 5.41) is 5.39. The van der Waals surface area contributed by atoms with E-state index < -0.39 is 0 Å². The summed E-state index contributed by atoms with van der Waals surface area (Å²) in [7, 11) is 0. The van der Waals surface area contributed by atoms with Crippen molar-refractivity contribution in [2.45, 2.75) is 45.1 Å². The number of pyridine rings is 1. The molecule has 1 saturated carbocycles. The van der Waals surface area contributed by atoms with Crippen LogP contribution in [-0.2, 0) is 11.3 Å². The van der Waals surface area contributed by atoms with Crippen LogP contribution in [0, 0.1) is 5.92 Å². The Morgan fingerprint density at radius 3 is 2.65 bits per heavy atom. The molecule has 5 N–H and O–H groups in total. The number of nitrogens with zero attached hydrogens (tertiary/aromatic N) is 3. The topological polar surface area (TPSA) is 119 Å². The van der Waals surface area contributed by atoms with Crippen LogP contribution in [0.5, 0.6) is 0 Å². The van der Waals surface area contributed by atoms with E-state index in [1.54, 1.807) is 0 Å². The fourth-order valence-corrected chi connectivity index (χ4v) is 3.83. The second-order valence-corrected chi connectivity index (χ2v) is 7.31. The predicted molar refractivity (Wildman–Crippen MR) is 104 cm³/mol. The average Bonchev–Trinajstić information content (AvgIpc) is 2.91. The molecular formula is C18H24N6OS. The number of nitrogens with two attached hydrogens (primary N) is 2. The molecule has 8 heteroatoms. The van der Waals surface area contributed by atoms with Gasteiger partial charge in [-0.25, -0.2) is 9.97 Å². The third kappa shape index (κ3) is 5.01. The van der Waals surface area contributed by atoms with Gasteiger partial charge in [-0.15, -0.1) is 11.3 Å². The van der Waals surface area contributed by atoms with Crippen molar-refractivity contribution in [2.75, 3.05) is 0 Å². The number of amides is 1. The van der Waals surface area contributed by atoms with Gasteiger partial charge < -0.3 is 16.8 Å². The number of carbonyl (C=O) groups excluding carboxylic acids is 1. The van der Waals surface area contributed by atoms with E-state index in [1.165, 1.54) is 24.2 Å². The van der Waals surface area contributed by atoms with Crippen LogP contribution in [0.15, 0.2) is 28.6 Å². The fourth-order valence-electron chi connectivity index (χ4n) is 3.13. The fraction of sp³-hybridized carbons (Fsp3) is 0.444. The third-order valence-electron chi connectivity index (χ3n) is 4.46. The van der Waals surface area contributed by atoms with Crippen LogP contribution in [0.4, 0.5) is 5.13 Å². The molecule has 0 aromatic carbocycles. The summed E-state index contributed by atoms with van der Waals surface area (Å²) in [4.78, 5) is 25.3. The Bertz CT molecular complexity index is 775. The number of nitrogens with one attached hydrogen (secondary N) is 1. The number of hydrogen-bond donors (Lipinski definition) is 3. The largest absolute Gasteiger partial charge is 0.370 e. The van der Waals surface area contributed by atoms with Crippen molar-refractivity contribution in [1.82, 2.24) is 15.3 Å². The van der Waals surface area contributed by atoms with Crippen LogP contribution in [0.3, 0.4) is 0 Å². The minimum absolute atomic E-state index is 0.0196. The number of hydrogen-bond acceptors (Lipinski definition) is 5. The van der Waals surface area contributed by atoms with Crippen molar-refractivity contribution in [2.24, 2.45) is 22.4 Å². The first kappa shape index (κ1) is 18.3. The number of rotatable bonds is 5. The minimum atomic E-state index is -0.0196. The molecule has 1 aliphatic carbocycles. The van der Waals surface area contributed by atoms with Crippen LogP contribution >= 0.6 is 11.3 Å². The Hall–Kier alpha value is -2.48. The van der Waals surface area contributed by atoms with Crippen LogP contribution in [0.25, 0.3) is 11.4 Å². The molecule has 0 radical (unpaired) electrons. The highest BCUT2D eigenvalue weighted by atomic mass is 32.1. The Morgan fingerprint density at radius 2 is 1.92 bits per heavy atom. The SMILES string of the molecule is NC(N)=Nc1nc(-c2cccc(CNC(=O)C3CCCCCC3)n2)cs1. The summed E-state index contributed by atoms with van der Waals surface area (Å²) < 4.78 is 0. The van der Waals surface area contributed by atoms with Crippen molar-refractivity contribution in [3.63, 3.8) is 0 Å². The molecule has 138 valence electrons. The zero-order valence-electron chi connectivity index (χ0n) is 14.6. The van der Waals surface area contributed by atoms with Crippen LogP contribution < -0.4 is 16.8 Å². The van der Waals surface area contributed by atoms with Gasteiger partial charge in [0.1, 0.15) is 5.69 Å². The Morgan fingerprint density at radius 1 is 1.15 bits per heavy atom. The molecule has 0 unspecified atom stereocenters.